The molecule has 0 atom stereocenters. The minimum Gasteiger partial charge on any atom is -0.493 e. The van der Waals surface area contributed by atoms with Crippen LogP contribution >= 0.6 is 24.0 Å². The third-order valence-corrected chi connectivity index (χ3v) is 3.17. The van der Waals surface area contributed by atoms with E-state index in [1.54, 1.807) is 7.11 Å². The molecule has 0 spiro atoms. The smallest absolute Gasteiger partial charge is 0.179 e. The summed E-state index contributed by atoms with van der Waals surface area (Å²) >= 11 is 6.23. The standard InChI is InChI=1S/C15H19ClN2O3.ClH/c1-4-20-15-13(16)6-11(7-14(15)19-3)8-17-9-12-5-10(2)21-18-12;/h5-7,17H,4,8-9H2,1-3H3;1H. The number of aromatic nitrogens is 1. The highest BCUT2D eigenvalue weighted by molar-refractivity contribution is 6.32. The third kappa shape index (κ3) is 4.80. The zero-order valence-electron chi connectivity index (χ0n) is 12.8. The lowest BCUT2D eigenvalue weighted by molar-refractivity contribution is 0.311. The summed E-state index contributed by atoms with van der Waals surface area (Å²) < 4.78 is 15.8. The first-order valence-electron chi connectivity index (χ1n) is 6.76. The number of nitrogens with zero attached hydrogens (tertiary/aromatic N) is 1. The van der Waals surface area contributed by atoms with Gasteiger partial charge >= 0.3 is 0 Å². The predicted molar refractivity (Wildman–Crippen MR) is 88.2 cm³/mol. The molecule has 1 N–H and O–H groups in total. The van der Waals surface area contributed by atoms with Crippen molar-refractivity contribution in [2.75, 3.05) is 13.7 Å². The maximum Gasteiger partial charge on any atom is 0.179 e. The summed E-state index contributed by atoms with van der Waals surface area (Å²) in [5.41, 5.74) is 1.89. The molecule has 7 heteroatoms. The van der Waals surface area contributed by atoms with Crippen molar-refractivity contribution in [1.82, 2.24) is 10.5 Å². The van der Waals surface area contributed by atoms with Crippen LogP contribution in [0, 0.1) is 6.92 Å². The van der Waals surface area contributed by atoms with E-state index in [-0.39, 0.29) is 12.4 Å². The van der Waals surface area contributed by atoms with Crippen LogP contribution < -0.4 is 14.8 Å². The van der Waals surface area contributed by atoms with E-state index >= 15 is 0 Å². The highest BCUT2D eigenvalue weighted by Gasteiger charge is 2.11. The van der Waals surface area contributed by atoms with Crippen molar-refractivity contribution in [1.29, 1.82) is 0 Å². The Kier molecular flexibility index (Phi) is 7.51. The van der Waals surface area contributed by atoms with Crippen LogP contribution in [0.3, 0.4) is 0 Å². The number of rotatable bonds is 7. The minimum absolute atomic E-state index is 0. The van der Waals surface area contributed by atoms with E-state index < -0.39 is 0 Å². The summed E-state index contributed by atoms with van der Waals surface area (Å²) in [4.78, 5) is 0. The van der Waals surface area contributed by atoms with Gasteiger partial charge in [0.25, 0.3) is 0 Å². The van der Waals surface area contributed by atoms with Gasteiger partial charge in [-0.25, -0.2) is 0 Å². The second-order valence-corrected chi connectivity index (χ2v) is 4.98. The van der Waals surface area contributed by atoms with Crippen molar-refractivity contribution in [2.24, 2.45) is 0 Å². The Morgan fingerprint density at radius 3 is 2.64 bits per heavy atom. The lowest BCUT2D eigenvalue weighted by Crippen LogP contribution is -2.13. The summed E-state index contributed by atoms with van der Waals surface area (Å²) in [5, 5.41) is 7.76. The monoisotopic (exact) mass is 346 g/mol. The average molecular weight is 347 g/mol. The highest BCUT2D eigenvalue weighted by atomic mass is 35.5. The van der Waals surface area contributed by atoms with E-state index in [1.165, 1.54) is 0 Å². The summed E-state index contributed by atoms with van der Waals surface area (Å²) in [6.45, 7) is 5.59. The first-order valence-corrected chi connectivity index (χ1v) is 7.14. The van der Waals surface area contributed by atoms with E-state index in [1.807, 2.05) is 32.0 Å². The van der Waals surface area contributed by atoms with Crippen LogP contribution in [0.25, 0.3) is 0 Å². The van der Waals surface area contributed by atoms with Gasteiger partial charge in [-0.2, -0.15) is 0 Å². The summed E-state index contributed by atoms with van der Waals surface area (Å²) in [5.74, 6) is 2.02. The maximum absolute atomic E-state index is 6.23. The van der Waals surface area contributed by atoms with Crippen molar-refractivity contribution in [2.45, 2.75) is 26.9 Å². The molecule has 0 aliphatic rings. The van der Waals surface area contributed by atoms with Gasteiger partial charge in [-0.15, -0.1) is 12.4 Å². The molecular formula is C15H20Cl2N2O3. The van der Waals surface area contributed by atoms with Crippen LogP contribution in [0.5, 0.6) is 11.5 Å². The molecular weight excluding hydrogens is 327 g/mol. The van der Waals surface area contributed by atoms with E-state index in [4.69, 9.17) is 25.6 Å². The van der Waals surface area contributed by atoms with E-state index in [0.717, 1.165) is 17.0 Å². The molecule has 5 nitrogen and oxygen atoms in total. The number of methoxy groups -OCH3 is 1. The molecule has 0 saturated carbocycles. The molecule has 0 amide bonds. The van der Waals surface area contributed by atoms with Crippen molar-refractivity contribution in [3.05, 3.63) is 40.2 Å². The van der Waals surface area contributed by atoms with Gasteiger partial charge in [0.15, 0.2) is 11.5 Å². The number of benzene rings is 1. The minimum atomic E-state index is 0. The molecule has 1 aromatic carbocycles. The van der Waals surface area contributed by atoms with Gasteiger partial charge in [-0.1, -0.05) is 16.8 Å². The molecule has 1 aromatic heterocycles. The van der Waals surface area contributed by atoms with Gasteiger partial charge in [0.05, 0.1) is 24.4 Å². The zero-order chi connectivity index (χ0) is 15.2. The van der Waals surface area contributed by atoms with Crippen molar-refractivity contribution in [3.8, 4) is 11.5 Å². The number of halogens is 2. The molecule has 2 rings (SSSR count). The fourth-order valence-electron chi connectivity index (χ4n) is 2.00. The van der Waals surface area contributed by atoms with Gasteiger partial charge < -0.3 is 19.3 Å². The second-order valence-electron chi connectivity index (χ2n) is 4.57. The van der Waals surface area contributed by atoms with Gasteiger partial charge in [0.1, 0.15) is 5.76 Å². The fraction of sp³-hybridized carbons (Fsp3) is 0.400. The zero-order valence-corrected chi connectivity index (χ0v) is 14.4. The van der Waals surface area contributed by atoms with Gasteiger partial charge in [0.2, 0.25) is 0 Å². The van der Waals surface area contributed by atoms with E-state index in [2.05, 4.69) is 10.5 Å². The highest BCUT2D eigenvalue weighted by Crippen LogP contribution is 2.36. The van der Waals surface area contributed by atoms with Crippen LogP contribution in [0.4, 0.5) is 0 Å². The summed E-state index contributed by atoms with van der Waals surface area (Å²) in [6, 6.07) is 5.69. The maximum atomic E-state index is 6.23. The first-order chi connectivity index (χ1) is 10.1. The van der Waals surface area contributed by atoms with Crippen LogP contribution in [-0.4, -0.2) is 18.9 Å². The fourth-order valence-corrected chi connectivity index (χ4v) is 2.28. The van der Waals surface area contributed by atoms with E-state index in [9.17, 15) is 0 Å². The number of hydrogen-bond acceptors (Lipinski definition) is 5. The number of aryl methyl sites for hydroxylation is 1. The van der Waals surface area contributed by atoms with Crippen molar-refractivity contribution >= 4 is 24.0 Å². The molecule has 0 radical (unpaired) electrons. The Labute approximate surface area is 141 Å². The van der Waals surface area contributed by atoms with E-state index in [0.29, 0.717) is 36.2 Å². The number of ether oxygens (including phenoxy) is 2. The second kappa shape index (κ2) is 8.88. The first kappa shape index (κ1) is 18.6. The summed E-state index contributed by atoms with van der Waals surface area (Å²) in [6.07, 6.45) is 0. The predicted octanol–water partition coefficient (Wildman–Crippen LogP) is 3.76. The number of hydrogen-bond donors (Lipinski definition) is 1. The quantitative estimate of drug-likeness (QED) is 0.827. The molecule has 0 bridgehead atoms. The Bertz CT molecular complexity index is 602. The molecule has 1 heterocycles. The Morgan fingerprint density at radius 2 is 2.05 bits per heavy atom. The normalized spacial score (nSPS) is 10.2. The molecule has 22 heavy (non-hydrogen) atoms. The molecule has 0 aliphatic carbocycles. The Balaban J connectivity index is 0.00000242. The van der Waals surface area contributed by atoms with Crippen molar-refractivity contribution < 1.29 is 14.0 Å². The number of nitrogens with one attached hydrogen (secondary N) is 1. The van der Waals surface area contributed by atoms with Crippen LogP contribution in [-0.2, 0) is 13.1 Å². The topological polar surface area (TPSA) is 56.5 Å². The molecule has 0 unspecified atom stereocenters. The summed E-state index contributed by atoms with van der Waals surface area (Å²) in [7, 11) is 1.60. The average Bonchev–Trinajstić information content (AvgIpc) is 2.87. The molecule has 122 valence electrons. The van der Waals surface area contributed by atoms with Gasteiger partial charge in [-0.05, 0) is 31.5 Å². The molecule has 0 saturated heterocycles. The Morgan fingerprint density at radius 1 is 1.27 bits per heavy atom. The van der Waals surface area contributed by atoms with Crippen molar-refractivity contribution in [3.63, 3.8) is 0 Å². The lowest BCUT2D eigenvalue weighted by atomic mass is 10.2. The van der Waals surface area contributed by atoms with Gasteiger partial charge in [-0.3, -0.25) is 0 Å². The Hall–Kier alpha value is -1.43. The van der Waals surface area contributed by atoms with Crippen LogP contribution in [0.15, 0.2) is 22.7 Å². The molecule has 0 aliphatic heterocycles. The lowest BCUT2D eigenvalue weighted by Gasteiger charge is -2.13. The molecule has 0 fully saturated rings. The van der Waals surface area contributed by atoms with Crippen LogP contribution in [0.1, 0.15) is 23.9 Å². The van der Waals surface area contributed by atoms with Gasteiger partial charge in [0, 0.05) is 19.2 Å². The molecule has 2 aromatic rings. The SMILES string of the molecule is CCOc1c(Cl)cc(CNCc2cc(C)on2)cc1OC.Cl. The largest absolute Gasteiger partial charge is 0.493 e. The van der Waals surface area contributed by atoms with Crippen LogP contribution in [0.2, 0.25) is 5.02 Å². The third-order valence-electron chi connectivity index (χ3n) is 2.89.